The first-order valence-corrected chi connectivity index (χ1v) is 7.96. The fraction of sp³-hybridized carbons (Fsp3) is 0.529. The van der Waals surface area contributed by atoms with Gasteiger partial charge in [0.2, 0.25) is 0 Å². The average molecular weight is 283 g/mol. The van der Waals surface area contributed by atoms with Crippen molar-refractivity contribution in [2.24, 2.45) is 5.92 Å². The number of nitrogens with one attached hydrogen (secondary N) is 1. The maximum atomic E-state index is 12.2. The van der Waals surface area contributed by atoms with Gasteiger partial charge in [-0.05, 0) is 50.7 Å². The molecule has 1 aromatic heterocycles. The van der Waals surface area contributed by atoms with Crippen LogP contribution in [-0.2, 0) is 6.54 Å². The lowest BCUT2D eigenvalue weighted by Gasteiger charge is -2.28. The van der Waals surface area contributed by atoms with Crippen molar-refractivity contribution in [2.75, 3.05) is 0 Å². The van der Waals surface area contributed by atoms with Crippen molar-refractivity contribution in [3.8, 4) is 0 Å². The van der Waals surface area contributed by atoms with E-state index in [2.05, 4.69) is 21.8 Å². The van der Waals surface area contributed by atoms with Crippen molar-refractivity contribution < 1.29 is 0 Å². The Morgan fingerprint density at radius 1 is 1.29 bits per heavy atom. The Bertz CT molecular complexity index is 715. The molecule has 1 N–H and O–H groups in total. The van der Waals surface area contributed by atoms with Crippen molar-refractivity contribution in [1.29, 1.82) is 0 Å². The topological polar surface area (TPSA) is 49.0 Å². The van der Waals surface area contributed by atoms with Gasteiger partial charge in [0.15, 0.2) is 0 Å². The summed E-state index contributed by atoms with van der Waals surface area (Å²) in [7, 11) is 0. The summed E-state index contributed by atoms with van der Waals surface area (Å²) in [5.41, 5.74) is 0.775. The quantitative estimate of drug-likeness (QED) is 0.918. The van der Waals surface area contributed by atoms with Crippen molar-refractivity contribution in [1.82, 2.24) is 14.9 Å². The van der Waals surface area contributed by atoms with Crippen LogP contribution in [0.4, 0.5) is 0 Å². The van der Waals surface area contributed by atoms with E-state index >= 15 is 0 Å². The summed E-state index contributed by atoms with van der Waals surface area (Å²) in [4.78, 5) is 22.3. The van der Waals surface area contributed by atoms with E-state index in [-0.39, 0.29) is 5.56 Å². The Labute approximate surface area is 124 Å². The second-order valence-corrected chi connectivity index (χ2v) is 6.51. The van der Waals surface area contributed by atoms with Gasteiger partial charge in [-0.15, -0.1) is 0 Å². The fourth-order valence-electron chi connectivity index (χ4n) is 3.24. The van der Waals surface area contributed by atoms with Gasteiger partial charge in [-0.1, -0.05) is 12.1 Å². The van der Waals surface area contributed by atoms with Crippen LogP contribution in [0.2, 0.25) is 0 Å². The molecule has 4 nitrogen and oxygen atoms in total. The molecule has 0 bridgehead atoms. The molecule has 4 rings (SSSR count). The number of fused-ring (bicyclic) bond motifs is 1. The summed E-state index contributed by atoms with van der Waals surface area (Å²) >= 11 is 0. The van der Waals surface area contributed by atoms with Gasteiger partial charge >= 0.3 is 0 Å². The highest BCUT2D eigenvalue weighted by Gasteiger charge is 2.39. The van der Waals surface area contributed by atoms with Crippen molar-refractivity contribution in [3.63, 3.8) is 0 Å². The lowest BCUT2D eigenvalue weighted by atomic mass is 10.1. The normalized spacial score (nSPS) is 20.1. The molecule has 110 valence electrons. The number of hydrogen-bond donors (Lipinski definition) is 1. The van der Waals surface area contributed by atoms with Gasteiger partial charge in [-0.3, -0.25) is 9.69 Å². The molecule has 0 spiro atoms. The van der Waals surface area contributed by atoms with E-state index in [4.69, 9.17) is 0 Å². The number of nitrogens with zero attached hydrogens (tertiary/aromatic N) is 2. The Hall–Kier alpha value is -1.68. The standard InChI is InChI=1S/C17H21N3O/c1-11(12-6-7-12)20(13-8-9-13)10-16-18-15-5-3-2-4-14(15)17(21)19-16/h2-5,11-13H,6-10H2,1H3,(H,18,19,21)/t11-/m0/s1. The van der Waals surface area contributed by atoms with E-state index in [0.717, 1.165) is 23.8 Å². The second-order valence-electron chi connectivity index (χ2n) is 6.51. The second kappa shape index (κ2) is 4.95. The first kappa shape index (κ1) is 13.0. The first-order chi connectivity index (χ1) is 10.2. The zero-order valence-corrected chi connectivity index (χ0v) is 12.4. The number of H-pyrrole nitrogens is 1. The molecule has 2 aliphatic rings. The van der Waals surface area contributed by atoms with E-state index in [1.54, 1.807) is 0 Å². The van der Waals surface area contributed by atoms with E-state index < -0.39 is 0 Å². The van der Waals surface area contributed by atoms with E-state index in [1.807, 2.05) is 24.3 Å². The molecule has 2 aromatic rings. The van der Waals surface area contributed by atoms with Gasteiger partial charge in [0, 0.05) is 12.1 Å². The van der Waals surface area contributed by atoms with Crippen molar-refractivity contribution >= 4 is 10.9 Å². The minimum absolute atomic E-state index is 0.0228. The van der Waals surface area contributed by atoms with Gasteiger partial charge < -0.3 is 4.98 Å². The Morgan fingerprint density at radius 2 is 2.05 bits per heavy atom. The molecule has 0 unspecified atom stereocenters. The predicted octanol–water partition coefficient (Wildman–Crippen LogP) is 2.69. The Morgan fingerprint density at radius 3 is 2.76 bits per heavy atom. The van der Waals surface area contributed by atoms with E-state index in [9.17, 15) is 4.79 Å². The monoisotopic (exact) mass is 283 g/mol. The molecule has 0 saturated heterocycles. The number of hydrogen-bond acceptors (Lipinski definition) is 3. The molecule has 1 atom stereocenters. The van der Waals surface area contributed by atoms with Gasteiger partial charge in [-0.25, -0.2) is 4.98 Å². The highest BCUT2D eigenvalue weighted by Crippen LogP contribution is 2.40. The van der Waals surface area contributed by atoms with Crippen LogP contribution < -0.4 is 5.56 Å². The zero-order valence-electron chi connectivity index (χ0n) is 12.4. The Balaban J connectivity index is 1.64. The minimum Gasteiger partial charge on any atom is -0.309 e. The third-order valence-corrected chi connectivity index (χ3v) is 4.84. The smallest absolute Gasteiger partial charge is 0.258 e. The maximum absolute atomic E-state index is 12.2. The van der Waals surface area contributed by atoms with Crippen LogP contribution in [0.5, 0.6) is 0 Å². The molecule has 4 heteroatoms. The molecule has 2 aliphatic carbocycles. The zero-order chi connectivity index (χ0) is 14.4. The molecule has 0 aliphatic heterocycles. The summed E-state index contributed by atoms with van der Waals surface area (Å²) in [6.45, 7) is 3.09. The van der Waals surface area contributed by atoms with Crippen molar-refractivity contribution in [3.05, 3.63) is 40.4 Å². The molecule has 0 amide bonds. The van der Waals surface area contributed by atoms with Crippen molar-refractivity contribution in [2.45, 2.75) is 51.2 Å². The molecule has 1 heterocycles. The average Bonchev–Trinajstić information content (AvgIpc) is 3.37. The summed E-state index contributed by atoms with van der Waals surface area (Å²) in [6.07, 6.45) is 5.28. The molecular weight excluding hydrogens is 262 g/mol. The van der Waals surface area contributed by atoms with Gasteiger partial charge in [0.1, 0.15) is 5.82 Å². The van der Waals surface area contributed by atoms with Crippen LogP contribution in [0.1, 0.15) is 38.4 Å². The lowest BCUT2D eigenvalue weighted by molar-refractivity contribution is 0.166. The van der Waals surface area contributed by atoms with Crippen LogP contribution in [0.25, 0.3) is 10.9 Å². The van der Waals surface area contributed by atoms with E-state index in [0.29, 0.717) is 17.5 Å². The maximum Gasteiger partial charge on any atom is 0.258 e. The molecule has 21 heavy (non-hydrogen) atoms. The number of aromatic amines is 1. The summed E-state index contributed by atoms with van der Waals surface area (Å²) in [5.74, 6) is 1.65. The van der Waals surface area contributed by atoms with Gasteiger partial charge in [-0.2, -0.15) is 0 Å². The van der Waals surface area contributed by atoms with Crippen LogP contribution in [0.3, 0.4) is 0 Å². The summed E-state index contributed by atoms with van der Waals surface area (Å²) in [5, 5.41) is 0.675. The highest BCUT2D eigenvalue weighted by molar-refractivity contribution is 5.77. The largest absolute Gasteiger partial charge is 0.309 e. The fourth-order valence-corrected chi connectivity index (χ4v) is 3.24. The van der Waals surface area contributed by atoms with Crippen LogP contribution >= 0.6 is 0 Å². The van der Waals surface area contributed by atoms with Crippen LogP contribution in [0.15, 0.2) is 29.1 Å². The van der Waals surface area contributed by atoms with Gasteiger partial charge in [0.05, 0.1) is 17.4 Å². The van der Waals surface area contributed by atoms with Crippen LogP contribution in [0, 0.1) is 5.92 Å². The number of para-hydroxylation sites is 1. The predicted molar refractivity (Wildman–Crippen MR) is 83.1 cm³/mol. The molecule has 2 fully saturated rings. The SMILES string of the molecule is C[C@@H](C1CC1)N(Cc1nc2ccccc2c(=O)[nH]1)C1CC1. The number of rotatable bonds is 5. The molecule has 2 saturated carbocycles. The number of benzene rings is 1. The third-order valence-electron chi connectivity index (χ3n) is 4.84. The third kappa shape index (κ3) is 2.60. The van der Waals surface area contributed by atoms with Crippen LogP contribution in [-0.4, -0.2) is 27.0 Å². The highest BCUT2D eigenvalue weighted by atomic mass is 16.1. The molecule has 0 radical (unpaired) electrons. The lowest BCUT2D eigenvalue weighted by Crippen LogP contribution is -2.37. The molecule has 1 aromatic carbocycles. The first-order valence-electron chi connectivity index (χ1n) is 7.96. The van der Waals surface area contributed by atoms with E-state index in [1.165, 1.54) is 25.7 Å². The molecular formula is C17H21N3O. The summed E-state index contributed by atoms with van der Waals surface area (Å²) in [6, 6.07) is 8.86. The van der Waals surface area contributed by atoms with Gasteiger partial charge in [0.25, 0.3) is 5.56 Å². The minimum atomic E-state index is -0.0228. The number of aromatic nitrogens is 2. The summed E-state index contributed by atoms with van der Waals surface area (Å²) < 4.78 is 0. The Kier molecular flexibility index (Phi) is 3.07.